The fourth-order valence-electron chi connectivity index (χ4n) is 4.19. The predicted octanol–water partition coefficient (Wildman–Crippen LogP) is 3.72. The third-order valence-electron chi connectivity index (χ3n) is 5.93. The maximum absolute atomic E-state index is 12.7. The second-order valence-corrected chi connectivity index (χ2v) is 8.53. The van der Waals surface area contributed by atoms with Crippen LogP contribution in [0.2, 0.25) is 0 Å². The Morgan fingerprint density at radius 3 is 2.72 bits per heavy atom. The van der Waals surface area contributed by atoms with Gasteiger partial charge >= 0.3 is 12.1 Å². The van der Waals surface area contributed by atoms with Gasteiger partial charge in [0, 0.05) is 25.1 Å². The second-order valence-electron chi connectivity index (χ2n) is 8.53. The Balaban J connectivity index is 1.38. The Morgan fingerprint density at radius 2 is 1.94 bits per heavy atom. The zero-order valence-corrected chi connectivity index (χ0v) is 20.4. The molecule has 1 unspecified atom stereocenters. The van der Waals surface area contributed by atoms with E-state index in [4.69, 9.17) is 23.8 Å². The number of ether oxygens (including phenoxy) is 4. The molecule has 2 heterocycles. The first-order valence-electron chi connectivity index (χ1n) is 12.2. The Labute approximate surface area is 210 Å². The average molecular weight is 497 g/mol. The van der Waals surface area contributed by atoms with Crippen molar-refractivity contribution in [1.82, 2.24) is 10.4 Å². The first-order valence-corrected chi connectivity index (χ1v) is 12.2. The average Bonchev–Trinajstić information content (AvgIpc) is 3.33. The van der Waals surface area contributed by atoms with Gasteiger partial charge in [-0.1, -0.05) is 30.9 Å². The highest BCUT2D eigenvalue weighted by molar-refractivity contribution is 5.77. The molecule has 2 aromatic carbocycles. The van der Waals surface area contributed by atoms with Gasteiger partial charge in [0.2, 0.25) is 6.10 Å². The molecule has 0 spiro atoms. The van der Waals surface area contributed by atoms with Gasteiger partial charge in [0.05, 0.1) is 13.2 Å². The van der Waals surface area contributed by atoms with Crippen molar-refractivity contribution in [2.75, 3.05) is 32.8 Å². The minimum absolute atomic E-state index is 0.0964. The molecular formula is C27H32N2O7. The first kappa shape index (κ1) is 25.5. The highest BCUT2D eigenvalue weighted by atomic mass is 16.8. The molecule has 2 aliphatic rings. The lowest BCUT2D eigenvalue weighted by molar-refractivity contribution is -0.151. The van der Waals surface area contributed by atoms with Crippen molar-refractivity contribution in [3.05, 3.63) is 71.8 Å². The van der Waals surface area contributed by atoms with E-state index in [1.54, 1.807) is 31.2 Å². The molecule has 2 aromatic rings. The van der Waals surface area contributed by atoms with Crippen LogP contribution < -0.4 is 14.8 Å². The number of hydrogen-bond donors (Lipinski definition) is 1. The molecule has 9 nitrogen and oxygen atoms in total. The number of benzene rings is 2. The van der Waals surface area contributed by atoms with Gasteiger partial charge in [-0.25, -0.2) is 9.59 Å². The molecule has 0 saturated carbocycles. The molecule has 192 valence electrons. The van der Waals surface area contributed by atoms with E-state index >= 15 is 0 Å². The van der Waals surface area contributed by atoms with E-state index < -0.39 is 18.2 Å². The number of nitrogens with zero attached hydrogens (tertiary/aromatic N) is 1. The molecule has 0 aromatic heterocycles. The van der Waals surface area contributed by atoms with Crippen LogP contribution in [-0.2, 0) is 32.1 Å². The molecule has 0 radical (unpaired) electrons. The molecule has 1 saturated heterocycles. The van der Waals surface area contributed by atoms with E-state index in [1.807, 2.05) is 12.1 Å². The van der Waals surface area contributed by atoms with Crippen molar-refractivity contribution in [2.24, 2.45) is 0 Å². The standard InChI is InChI=1S/C27H32N2O7/c1-3-15-33-27(31)36-29-14-12-24(18-29)34-22-8-6-20(7-9-22)25(26(30)32-4-2)35-23-10-5-19-11-13-28-17-21(19)16-23/h3,5-10,16,24-25,28H,1,4,11-15,17-18H2,2H3/t24-,25?/m0/s1. The van der Waals surface area contributed by atoms with E-state index in [-0.39, 0.29) is 19.3 Å². The zero-order valence-electron chi connectivity index (χ0n) is 20.4. The lowest BCUT2D eigenvalue weighted by Gasteiger charge is -2.21. The quantitative estimate of drug-likeness (QED) is 0.390. The van der Waals surface area contributed by atoms with E-state index in [1.165, 1.54) is 22.3 Å². The van der Waals surface area contributed by atoms with Crippen molar-refractivity contribution < 1.29 is 33.4 Å². The monoisotopic (exact) mass is 496 g/mol. The maximum Gasteiger partial charge on any atom is 0.528 e. The summed E-state index contributed by atoms with van der Waals surface area (Å²) in [6.45, 7) is 8.32. The van der Waals surface area contributed by atoms with E-state index in [0.29, 0.717) is 36.6 Å². The lowest BCUT2D eigenvalue weighted by Crippen LogP contribution is -2.28. The maximum atomic E-state index is 12.7. The van der Waals surface area contributed by atoms with Crippen LogP contribution in [0.4, 0.5) is 4.79 Å². The minimum atomic E-state index is -0.898. The smallest absolute Gasteiger partial charge is 0.489 e. The summed E-state index contributed by atoms with van der Waals surface area (Å²) >= 11 is 0. The number of carbonyl (C=O) groups excluding carboxylic acids is 2. The Kier molecular flexibility index (Phi) is 8.80. The molecule has 1 fully saturated rings. The number of carbonyl (C=O) groups is 2. The Hall–Kier alpha value is -3.56. The van der Waals surface area contributed by atoms with E-state index in [0.717, 1.165) is 19.5 Å². The summed E-state index contributed by atoms with van der Waals surface area (Å²) < 4.78 is 22.3. The van der Waals surface area contributed by atoms with Crippen LogP contribution >= 0.6 is 0 Å². The van der Waals surface area contributed by atoms with Gasteiger partial charge in [0.25, 0.3) is 0 Å². The fraction of sp³-hybridized carbons (Fsp3) is 0.407. The topological polar surface area (TPSA) is 95.6 Å². The van der Waals surface area contributed by atoms with Crippen LogP contribution in [0.25, 0.3) is 0 Å². The van der Waals surface area contributed by atoms with Gasteiger partial charge in [0.1, 0.15) is 24.2 Å². The third kappa shape index (κ3) is 6.77. The van der Waals surface area contributed by atoms with Gasteiger partial charge in [-0.15, -0.1) is 5.06 Å². The van der Waals surface area contributed by atoms with Crippen LogP contribution in [-0.4, -0.2) is 56.1 Å². The molecule has 36 heavy (non-hydrogen) atoms. The van der Waals surface area contributed by atoms with E-state index in [2.05, 4.69) is 18.0 Å². The van der Waals surface area contributed by atoms with Crippen LogP contribution in [0.15, 0.2) is 55.1 Å². The molecule has 1 N–H and O–H groups in total. The summed E-state index contributed by atoms with van der Waals surface area (Å²) in [5.41, 5.74) is 3.13. The van der Waals surface area contributed by atoms with Crippen molar-refractivity contribution >= 4 is 12.1 Å². The van der Waals surface area contributed by atoms with Gasteiger partial charge in [-0.3, -0.25) is 0 Å². The highest BCUT2D eigenvalue weighted by Gasteiger charge is 2.28. The van der Waals surface area contributed by atoms with Crippen molar-refractivity contribution in [3.63, 3.8) is 0 Å². The number of nitrogens with one attached hydrogen (secondary N) is 1. The van der Waals surface area contributed by atoms with Crippen molar-refractivity contribution in [1.29, 1.82) is 0 Å². The summed E-state index contributed by atoms with van der Waals surface area (Å²) in [4.78, 5) is 29.5. The van der Waals surface area contributed by atoms with Gasteiger partial charge in [-0.2, -0.15) is 0 Å². The number of rotatable bonds is 10. The number of hydroxylamine groups is 2. The van der Waals surface area contributed by atoms with Crippen molar-refractivity contribution in [2.45, 2.75) is 38.5 Å². The molecule has 2 atom stereocenters. The molecule has 0 aliphatic carbocycles. The minimum Gasteiger partial charge on any atom is -0.489 e. The second kappa shape index (κ2) is 12.4. The van der Waals surface area contributed by atoms with Crippen LogP contribution in [0.5, 0.6) is 11.5 Å². The molecule has 9 heteroatoms. The van der Waals surface area contributed by atoms with E-state index in [9.17, 15) is 9.59 Å². The summed E-state index contributed by atoms with van der Waals surface area (Å²) in [6, 6.07) is 13.1. The summed E-state index contributed by atoms with van der Waals surface area (Å²) in [5, 5.41) is 4.87. The van der Waals surface area contributed by atoms with Crippen LogP contribution in [0.3, 0.4) is 0 Å². The molecular weight excluding hydrogens is 464 g/mol. The normalized spacial score (nSPS) is 18.0. The van der Waals surface area contributed by atoms with Crippen LogP contribution in [0, 0.1) is 0 Å². The van der Waals surface area contributed by atoms with Crippen LogP contribution in [0.1, 0.15) is 36.1 Å². The lowest BCUT2D eigenvalue weighted by atomic mass is 10.0. The number of hydrogen-bond acceptors (Lipinski definition) is 9. The summed E-state index contributed by atoms with van der Waals surface area (Å²) in [7, 11) is 0. The van der Waals surface area contributed by atoms with Gasteiger partial charge in [0.15, 0.2) is 0 Å². The van der Waals surface area contributed by atoms with Crippen molar-refractivity contribution in [3.8, 4) is 11.5 Å². The number of fused-ring (bicyclic) bond motifs is 1. The summed E-state index contributed by atoms with van der Waals surface area (Å²) in [6.07, 6.45) is 1.33. The SMILES string of the molecule is C=CCOC(=O)ON1CC[C@H](Oc2ccc(C(Oc3ccc4c(c3)CNCC4)C(=O)OCC)cc2)C1. The highest BCUT2D eigenvalue weighted by Crippen LogP contribution is 2.28. The zero-order chi connectivity index (χ0) is 25.3. The van der Waals surface area contributed by atoms with Gasteiger partial charge in [-0.05, 0) is 55.3 Å². The summed E-state index contributed by atoms with van der Waals surface area (Å²) in [5.74, 6) is 0.810. The molecule has 2 aliphatic heterocycles. The molecule has 4 rings (SSSR count). The molecule has 0 amide bonds. The molecule has 0 bridgehead atoms. The Morgan fingerprint density at radius 1 is 1.14 bits per heavy atom. The fourth-order valence-corrected chi connectivity index (χ4v) is 4.19. The largest absolute Gasteiger partial charge is 0.528 e. The van der Waals surface area contributed by atoms with Gasteiger partial charge < -0.3 is 29.1 Å². The Bertz CT molecular complexity index is 1060. The first-order chi connectivity index (χ1) is 17.6. The predicted molar refractivity (Wildman–Crippen MR) is 132 cm³/mol. The number of esters is 1. The third-order valence-corrected chi connectivity index (χ3v) is 5.93.